The van der Waals surface area contributed by atoms with E-state index in [2.05, 4.69) is 10.5 Å². The van der Waals surface area contributed by atoms with E-state index in [9.17, 15) is 9.18 Å². The molecule has 1 rings (SSSR count). The molecule has 0 radical (unpaired) electrons. The fourth-order valence-electron chi connectivity index (χ4n) is 0.772. The van der Waals surface area contributed by atoms with E-state index in [1.807, 2.05) is 0 Å². The summed E-state index contributed by atoms with van der Waals surface area (Å²) in [5.41, 5.74) is 2.20. The molecule has 0 saturated heterocycles. The molecule has 0 amide bonds. The zero-order valence-corrected chi connectivity index (χ0v) is 8.55. The summed E-state index contributed by atoms with van der Waals surface area (Å²) in [5.74, 6) is -1.76. The molecule has 15 heavy (non-hydrogen) atoms. The minimum Gasteiger partial charge on any atom is -0.477 e. The molecule has 80 valence electrons. The minimum atomic E-state index is -1.17. The molecule has 6 heteroatoms. The number of nitrogens with zero attached hydrogens (tertiary/aromatic N) is 1. The van der Waals surface area contributed by atoms with Crippen LogP contribution in [0.15, 0.2) is 23.3 Å². The van der Waals surface area contributed by atoms with Gasteiger partial charge in [-0.25, -0.2) is 9.18 Å². The summed E-state index contributed by atoms with van der Waals surface area (Å²) in [7, 11) is 0. The van der Waals surface area contributed by atoms with Crippen LogP contribution in [0.3, 0.4) is 0 Å². The molecule has 0 aliphatic rings. The third-order valence-electron chi connectivity index (χ3n) is 1.58. The first-order valence-corrected chi connectivity index (χ1v) is 4.37. The molecule has 1 aromatic rings. The monoisotopic (exact) mass is 230 g/mol. The number of benzene rings is 1. The number of carboxylic acid groups (broad SMARTS) is 1. The molecule has 4 nitrogen and oxygen atoms in total. The topological polar surface area (TPSA) is 61.7 Å². The molecular formula is C9H8ClFN2O2. The van der Waals surface area contributed by atoms with Crippen molar-refractivity contribution in [2.75, 3.05) is 5.43 Å². The molecule has 0 atom stereocenters. The van der Waals surface area contributed by atoms with Crippen molar-refractivity contribution in [2.45, 2.75) is 6.92 Å². The zero-order chi connectivity index (χ0) is 11.4. The third-order valence-corrected chi connectivity index (χ3v) is 1.82. The number of carbonyl (C=O) groups is 1. The summed E-state index contributed by atoms with van der Waals surface area (Å²) < 4.78 is 13.1. The lowest BCUT2D eigenvalue weighted by Gasteiger charge is -2.02. The number of carboxylic acids is 1. The molecule has 0 fully saturated rings. The van der Waals surface area contributed by atoms with Crippen molar-refractivity contribution in [3.8, 4) is 0 Å². The van der Waals surface area contributed by atoms with Crippen molar-refractivity contribution in [2.24, 2.45) is 5.10 Å². The molecule has 0 aliphatic heterocycles. The van der Waals surface area contributed by atoms with Crippen LogP contribution in [0.2, 0.25) is 5.02 Å². The highest BCUT2D eigenvalue weighted by Crippen LogP contribution is 2.18. The average molecular weight is 231 g/mol. The van der Waals surface area contributed by atoms with Crippen molar-refractivity contribution in [3.63, 3.8) is 0 Å². The summed E-state index contributed by atoms with van der Waals surface area (Å²) in [6.45, 7) is 1.29. The van der Waals surface area contributed by atoms with Gasteiger partial charge in [0.25, 0.3) is 0 Å². The van der Waals surface area contributed by atoms with Crippen molar-refractivity contribution >= 4 is 29.0 Å². The Balaban J connectivity index is 2.82. The smallest absolute Gasteiger partial charge is 0.351 e. The van der Waals surface area contributed by atoms with Crippen LogP contribution in [0, 0.1) is 5.82 Å². The maximum Gasteiger partial charge on any atom is 0.351 e. The first-order chi connectivity index (χ1) is 7.00. The molecular weight excluding hydrogens is 223 g/mol. The molecule has 1 aromatic carbocycles. The molecule has 2 N–H and O–H groups in total. The van der Waals surface area contributed by atoms with E-state index < -0.39 is 11.8 Å². The molecule has 0 bridgehead atoms. The number of halogens is 2. The van der Waals surface area contributed by atoms with Crippen LogP contribution in [0.1, 0.15) is 6.92 Å². The highest BCUT2D eigenvalue weighted by atomic mass is 35.5. The van der Waals surface area contributed by atoms with E-state index in [0.29, 0.717) is 0 Å². The molecule has 0 unspecified atom stereocenters. The Labute approximate surface area is 90.4 Å². The molecule has 0 spiro atoms. The maximum absolute atomic E-state index is 13.1. The SMILES string of the molecule is CC(=NNc1ccc(Cl)cc1F)C(=O)O. The van der Waals surface area contributed by atoms with Gasteiger partial charge in [0.15, 0.2) is 0 Å². The van der Waals surface area contributed by atoms with E-state index in [4.69, 9.17) is 16.7 Å². The maximum atomic E-state index is 13.1. The van der Waals surface area contributed by atoms with Gasteiger partial charge in [-0.3, -0.25) is 5.43 Å². The van der Waals surface area contributed by atoms with Gasteiger partial charge in [0, 0.05) is 5.02 Å². The lowest BCUT2D eigenvalue weighted by molar-refractivity contribution is -0.129. The fraction of sp³-hybridized carbons (Fsp3) is 0.111. The second-order valence-electron chi connectivity index (χ2n) is 2.74. The van der Waals surface area contributed by atoms with E-state index in [1.165, 1.54) is 19.1 Å². The molecule has 0 aliphatic carbocycles. The Morgan fingerprint density at radius 1 is 1.60 bits per heavy atom. The van der Waals surface area contributed by atoms with Crippen molar-refractivity contribution in [3.05, 3.63) is 29.0 Å². The number of nitrogens with one attached hydrogen (secondary N) is 1. The number of hydrazone groups is 1. The normalized spacial score (nSPS) is 11.3. The molecule has 0 aromatic heterocycles. The van der Waals surface area contributed by atoms with Gasteiger partial charge < -0.3 is 5.11 Å². The van der Waals surface area contributed by atoms with Crippen molar-refractivity contribution in [1.29, 1.82) is 0 Å². The predicted octanol–water partition coefficient (Wildman–Crippen LogP) is 2.35. The Morgan fingerprint density at radius 2 is 2.27 bits per heavy atom. The average Bonchev–Trinajstić information content (AvgIpc) is 2.15. The van der Waals surface area contributed by atoms with Gasteiger partial charge in [-0.2, -0.15) is 5.10 Å². The molecule has 0 heterocycles. The van der Waals surface area contributed by atoms with Crippen LogP contribution in [0.5, 0.6) is 0 Å². The first-order valence-electron chi connectivity index (χ1n) is 3.99. The van der Waals surface area contributed by atoms with Crippen LogP contribution < -0.4 is 5.43 Å². The van der Waals surface area contributed by atoms with E-state index >= 15 is 0 Å². The molecule has 0 saturated carbocycles. The van der Waals surface area contributed by atoms with Crippen molar-refractivity contribution in [1.82, 2.24) is 0 Å². The summed E-state index contributed by atoms with van der Waals surface area (Å²) >= 11 is 5.53. The van der Waals surface area contributed by atoms with Gasteiger partial charge in [0.2, 0.25) is 0 Å². The van der Waals surface area contributed by atoms with Gasteiger partial charge in [-0.1, -0.05) is 11.6 Å². The van der Waals surface area contributed by atoms with Gasteiger partial charge in [0.1, 0.15) is 11.5 Å². The lowest BCUT2D eigenvalue weighted by atomic mass is 10.3. The number of aliphatic carboxylic acids is 1. The van der Waals surface area contributed by atoms with Crippen LogP contribution >= 0.6 is 11.6 Å². The standard InChI is InChI=1S/C9H8ClFN2O2/c1-5(9(14)15)12-13-8-3-2-6(10)4-7(8)11/h2-4,13H,1H3,(H,14,15). The van der Waals surface area contributed by atoms with Gasteiger partial charge >= 0.3 is 5.97 Å². The van der Waals surface area contributed by atoms with Crippen LogP contribution in [-0.2, 0) is 4.79 Å². The van der Waals surface area contributed by atoms with Crippen LogP contribution in [0.25, 0.3) is 0 Å². The predicted molar refractivity (Wildman–Crippen MR) is 55.8 cm³/mol. The number of rotatable bonds is 3. The zero-order valence-electron chi connectivity index (χ0n) is 7.79. The largest absolute Gasteiger partial charge is 0.477 e. The van der Waals surface area contributed by atoms with E-state index in [0.717, 1.165) is 6.07 Å². The summed E-state index contributed by atoms with van der Waals surface area (Å²) in [6, 6.07) is 3.95. The van der Waals surface area contributed by atoms with E-state index in [1.54, 1.807) is 0 Å². The quantitative estimate of drug-likeness (QED) is 0.619. The fourth-order valence-corrected chi connectivity index (χ4v) is 0.931. The summed E-state index contributed by atoms with van der Waals surface area (Å²) in [4.78, 5) is 10.4. The minimum absolute atomic E-state index is 0.0694. The van der Waals surface area contributed by atoms with Crippen LogP contribution in [-0.4, -0.2) is 16.8 Å². The Bertz CT molecular complexity index is 421. The van der Waals surface area contributed by atoms with Gasteiger partial charge in [-0.15, -0.1) is 0 Å². The van der Waals surface area contributed by atoms with Gasteiger partial charge in [-0.05, 0) is 25.1 Å². The number of hydrogen-bond acceptors (Lipinski definition) is 3. The Morgan fingerprint density at radius 3 is 2.80 bits per heavy atom. The third kappa shape index (κ3) is 3.21. The summed E-state index contributed by atoms with van der Waals surface area (Å²) in [5, 5.41) is 12.2. The van der Waals surface area contributed by atoms with Crippen molar-refractivity contribution < 1.29 is 14.3 Å². The highest BCUT2D eigenvalue weighted by Gasteiger charge is 2.04. The first kappa shape index (κ1) is 11.5. The number of anilines is 1. The second kappa shape index (κ2) is 4.75. The van der Waals surface area contributed by atoms with Crippen LogP contribution in [0.4, 0.5) is 10.1 Å². The van der Waals surface area contributed by atoms with E-state index in [-0.39, 0.29) is 16.4 Å². The second-order valence-corrected chi connectivity index (χ2v) is 3.17. The Kier molecular flexibility index (Phi) is 3.62. The Hall–Kier alpha value is -1.62. The highest BCUT2D eigenvalue weighted by molar-refractivity contribution is 6.34. The summed E-state index contributed by atoms with van der Waals surface area (Å²) in [6.07, 6.45) is 0. The van der Waals surface area contributed by atoms with Gasteiger partial charge in [0.05, 0.1) is 5.69 Å². The lowest BCUT2D eigenvalue weighted by Crippen LogP contribution is -2.10. The number of hydrogen-bond donors (Lipinski definition) is 2.